The van der Waals surface area contributed by atoms with Crippen molar-refractivity contribution in [3.63, 3.8) is 0 Å². The predicted octanol–water partition coefficient (Wildman–Crippen LogP) is 4.60. The third-order valence-corrected chi connectivity index (χ3v) is 3.83. The summed E-state index contributed by atoms with van der Waals surface area (Å²) in [4.78, 5) is 1.90. The van der Waals surface area contributed by atoms with Crippen LogP contribution in [0.3, 0.4) is 0 Å². The molecule has 1 aromatic rings. The molecule has 1 N–H and O–H groups in total. The van der Waals surface area contributed by atoms with Gasteiger partial charge in [0.25, 0.3) is 0 Å². The fraction of sp³-hybridized carbons (Fsp3) is 0.500. The van der Waals surface area contributed by atoms with E-state index in [4.69, 9.17) is 0 Å². The summed E-state index contributed by atoms with van der Waals surface area (Å²) in [6, 6.07) is 2.51. The summed E-state index contributed by atoms with van der Waals surface area (Å²) < 4.78 is 54.1. The molecular formula is C16H22Cl2F4N2. The minimum atomic E-state index is -4.57. The Balaban J connectivity index is 0.00000264. The maximum atomic E-state index is 14.3. The van der Waals surface area contributed by atoms with Gasteiger partial charge in [-0.25, -0.2) is 4.39 Å². The number of alkyl halides is 3. The zero-order valence-corrected chi connectivity index (χ0v) is 15.0. The number of nitrogens with one attached hydrogen (secondary N) is 1. The van der Waals surface area contributed by atoms with E-state index < -0.39 is 23.6 Å². The lowest BCUT2D eigenvalue weighted by Crippen LogP contribution is -2.45. The summed E-state index contributed by atoms with van der Waals surface area (Å²) >= 11 is 0. The lowest BCUT2D eigenvalue weighted by atomic mass is 9.93. The largest absolute Gasteiger partial charge is 0.416 e. The van der Waals surface area contributed by atoms with E-state index in [9.17, 15) is 17.6 Å². The van der Waals surface area contributed by atoms with E-state index in [1.165, 1.54) is 0 Å². The van der Waals surface area contributed by atoms with Crippen molar-refractivity contribution in [1.82, 2.24) is 10.2 Å². The van der Waals surface area contributed by atoms with Gasteiger partial charge in [-0.05, 0) is 25.5 Å². The van der Waals surface area contributed by atoms with Crippen molar-refractivity contribution in [3.8, 4) is 0 Å². The van der Waals surface area contributed by atoms with Crippen LogP contribution in [0.1, 0.15) is 30.5 Å². The molecule has 1 fully saturated rings. The molecule has 0 aromatic heterocycles. The van der Waals surface area contributed by atoms with E-state index in [2.05, 4.69) is 11.9 Å². The first-order chi connectivity index (χ1) is 10.3. The molecule has 0 unspecified atom stereocenters. The Kier molecular flexibility index (Phi) is 9.28. The minimum Gasteiger partial charge on any atom is -0.314 e. The van der Waals surface area contributed by atoms with Crippen LogP contribution in [0.2, 0.25) is 0 Å². The summed E-state index contributed by atoms with van der Waals surface area (Å²) in [6.45, 7) is 8.08. The predicted molar refractivity (Wildman–Crippen MR) is 92.5 cm³/mol. The highest BCUT2D eigenvalue weighted by Gasteiger charge is 2.38. The molecule has 1 atom stereocenters. The van der Waals surface area contributed by atoms with Crippen LogP contribution in [-0.4, -0.2) is 31.1 Å². The minimum absolute atomic E-state index is 0. The van der Waals surface area contributed by atoms with Gasteiger partial charge < -0.3 is 5.32 Å². The van der Waals surface area contributed by atoms with Crippen molar-refractivity contribution in [2.75, 3.05) is 26.2 Å². The smallest absolute Gasteiger partial charge is 0.314 e. The van der Waals surface area contributed by atoms with Gasteiger partial charge in [0.15, 0.2) is 0 Å². The van der Waals surface area contributed by atoms with Gasteiger partial charge in [0.05, 0.1) is 5.56 Å². The van der Waals surface area contributed by atoms with Gasteiger partial charge in [-0.2, -0.15) is 13.2 Å². The Morgan fingerprint density at radius 3 is 2.33 bits per heavy atom. The molecule has 2 nitrogen and oxygen atoms in total. The Labute approximate surface area is 152 Å². The number of nitrogens with zero attached hydrogens (tertiary/aromatic N) is 1. The van der Waals surface area contributed by atoms with Crippen LogP contribution in [0.5, 0.6) is 0 Å². The lowest BCUT2D eigenvalue weighted by Gasteiger charge is -2.36. The number of piperazine rings is 1. The molecule has 0 amide bonds. The van der Waals surface area contributed by atoms with E-state index in [1.54, 1.807) is 6.92 Å². The summed E-state index contributed by atoms with van der Waals surface area (Å²) in [5.41, 5.74) is -0.419. The van der Waals surface area contributed by atoms with Gasteiger partial charge in [-0.3, -0.25) is 4.90 Å². The third-order valence-electron chi connectivity index (χ3n) is 3.83. The average Bonchev–Trinajstić information content (AvgIpc) is 2.44. The number of halogens is 6. The highest BCUT2D eigenvalue weighted by atomic mass is 35.5. The van der Waals surface area contributed by atoms with Crippen molar-refractivity contribution in [3.05, 3.63) is 47.3 Å². The van der Waals surface area contributed by atoms with E-state index in [0.29, 0.717) is 32.6 Å². The van der Waals surface area contributed by atoms with Gasteiger partial charge >= 0.3 is 6.18 Å². The topological polar surface area (TPSA) is 15.3 Å². The van der Waals surface area contributed by atoms with Crippen LogP contribution < -0.4 is 5.32 Å². The van der Waals surface area contributed by atoms with E-state index in [0.717, 1.165) is 23.8 Å². The number of hydrogen-bond acceptors (Lipinski definition) is 2. The first kappa shape index (κ1) is 23.2. The van der Waals surface area contributed by atoms with Crippen molar-refractivity contribution < 1.29 is 17.6 Å². The van der Waals surface area contributed by atoms with Crippen molar-refractivity contribution in [2.24, 2.45) is 0 Å². The summed E-state index contributed by atoms with van der Waals surface area (Å²) in [6.07, 6.45) is -4.26. The Morgan fingerprint density at radius 2 is 1.83 bits per heavy atom. The highest BCUT2D eigenvalue weighted by molar-refractivity contribution is 5.85. The van der Waals surface area contributed by atoms with Crippen LogP contribution in [-0.2, 0) is 6.18 Å². The molecule has 1 aromatic carbocycles. The van der Waals surface area contributed by atoms with Gasteiger partial charge in [0, 0.05) is 37.8 Å². The van der Waals surface area contributed by atoms with Gasteiger partial charge in [-0.15, -0.1) is 31.4 Å². The molecule has 24 heavy (non-hydrogen) atoms. The molecule has 0 saturated carbocycles. The second kappa shape index (κ2) is 9.61. The highest BCUT2D eigenvalue weighted by Crippen LogP contribution is 2.39. The summed E-state index contributed by atoms with van der Waals surface area (Å²) in [7, 11) is 0. The quantitative estimate of drug-likeness (QED) is 0.598. The normalized spacial score (nSPS) is 16.7. The van der Waals surface area contributed by atoms with Crippen LogP contribution in [0.25, 0.3) is 0 Å². The molecule has 0 spiro atoms. The van der Waals surface area contributed by atoms with Gasteiger partial charge in [0.1, 0.15) is 5.82 Å². The summed E-state index contributed by atoms with van der Waals surface area (Å²) in [5.74, 6) is -0.806. The van der Waals surface area contributed by atoms with E-state index in [-0.39, 0.29) is 30.4 Å². The Bertz CT molecular complexity index is 543. The zero-order chi connectivity index (χ0) is 16.3. The zero-order valence-electron chi connectivity index (χ0n) is 13.3. The first-order valence-electron chi connectivity index (χ1n) is 7.25. The molecule has 0 bridgehead atoms. The van der Waals surface area contributed by atoms with Crippen LogP contribution in [0.4, 0.5) is 17.6 Å². The lowest BCUT2D eigenvalue weighted by molar-refractivity contribution is -0.139. The molecule has 8 heteroatoms. The van der Waals surface area contributed by atoms with Gasteiger partial charge in [0.2, 0.25) is 0 Å². The van der Waals surface area contributed by atoms with Crippen molar-refractivity contribution in [1.29, 1.82) is 0 Å². The van der Waals surface area contributed by atoms with Crippen molar-refractivity contribution >= 4 is 24.8 Å². The third kappa shape index (κ3) is 5.62. The monoisotopic (exact) mass is 388 g/mol. The van der Waals surface area contributed by atoms with Crippen LogP contribution in [0.15, 0.2) is 30.4 Å². The molecule has 0 aliphatic carbocycles. The maximum absolute atomic E-state index is 14.3. The number of benzene rings is 1. The summed E-state index contributed by atoms with van der Waals surface area (Å²) in [5, 5.41) is 3.15. The molecular weight excluding hydrogens is 367 g/mol. The SMILES string of the molecule is C=C(C)C[C@@H](c1c(F)cccc1C(F)(F)F)N1CCNCC1.Cl.Cl. The van der Waals surface area contributed by atoms with Crippen LogP contribution >= 0.6 is 24.8 Å². The van der Waals surface area contributed by atoms with E-state index in [1.807, 2.05) is 4.90 Å². The van der Waals surface area contributed by atoms with Crippen LogP contribution in [0, 0.1) is 5.82 Å². The Hall–Kier alpha value is -0.820. The number of hydrogen-bond donors (Lipinski definition) is 1. The molecule has 1 heterocycles. The first-order valence-corrected chi connectivity index (χ1v) is 7.25. The van der Waals surface area contributed by atoms with Crippen molar-refractivity contribution in [2.45, 2.75) is 25.6 Å². The fourth-order valence-electron chi connectivity index (χ4n) is 2.86. The molecule has 1 saturated heterocycles. The second-order valence-corrected chi connectivity index (χ2v) is 5.66. The molecule has 2 rings (SSSR count). The van der Waals surface area contributed by atoms with Gasteiger partial charge in [-0.1, -0.05) is 11.6 Å². The standard InChI is InChI=1S/C16H20F4N2.2ClH/c1-11(2)10-14(22-8-6-21-7-9-22)15-12(16(18,19)20)4-3-5-13(15)17;;/h3-5,14,21H,1,6-10H2,2H3;2*1H/t14-;;/m0../s1. The number of rotatable bonds is 4. The second-order valence-electron chi connectivity index (χ2n) is 5.66. The maximum Gasteiger partial charge on any atom is 0.416 e. The molecule has 138 valence electrons. The molecule has 1 aliphatic rings. The van der Waals surface area contributed by atoms with E-state index >= 15 is 0 Å². The molecule has 0 radical (unpaired) electrons. The fourth-order valence-corrected chi connectivity index (χ4v) is 2.86. The molecule has 1 aliphatic heterocycles. The average molecular weight is 389 g/mol. The Morgan fingerprint density at radius 1 is 1.25 bits per heavy atom.